The number of anilines is 1. The van der Waals surface area contributed by atoms with Gasteiger partial charge in [0.05, 0.1) is 17.4 Å². The molecule has 6 nitrogen and oxygen atoms in total. The number of nitrogens with one attached hydrogen (secondary N) is 1. The maximum absolute atomic E-state index is 11.8. The van der Waals surface area contributed by atoms with E-state index < -0.39 is 0 Å². The Morgan fingerprint density at radius 1 is 1.26 bits per heavy atom. The maximum Gasteiger partial charge on any atom is 0.229 e. The van der Waals surface area contributed by atoms with Gasteiger partial charge in [-0.05, 0) is 25.8 Å². The Kier molecular flexibility index (Phi) is 3.11. The highest BCUT2D eigenvalue weighted by atomic mass is 16.2. The second-order valence-corrected chi connectivity index (χ2v) is 5.98. The maximum atomic E-state index is 11.8. The molecule has 1 fully saturated rings. The lowest BCUT2D eigenvalue weighted by molar-refractivity contribution is -0.117. The topological polar surface area (TPSA) is 72.7 Å². The number of aromatic nitrogens is 4. The van der Waals surface area contributed by atoms with E-state index in [9.17, 15) is 4.79 Å². The van der Waals surface area contributed by atoms with Crippen molar-refractivity contribution in [2.24, 2.45) is 13.0 Å². The normalized spacial score (nSPS) is 14.2. The standard InChI is InChI=1S/C17H17N5O/c1-10-18-9-15(22(10)2)12-5-6-13-8-19-17(20-14(13)7-12)21-16(23)11-3-4-11/h5-9,11H,3-4H2,1-2H3,(H,19,20,21,23). The number of hydrogen-bond donors (Lipinski definition) is 1. The lowest BCUT2D eigenvalue weighted by Gasteiger charge is -2.07. The Morgan fingerprint density at radius 2 is 2.09 bits per heavy atom. The van der Waals surface area contributed by atoms with Crippen LogP contribution in [0.4, 0.5) is 5.95 Å². The van der Waals surface area contributed by atoms with E-state index in [2.05, 4.69) is 20.3 Å². The highest BCUT2D eigenvalue weighted by Crippen LogP contribution is 2.30. The van der Waals surface area contributed by atoms with Crippen molar-refractivity contribution in [3.05, 3.63) is 36.4 Å². The summed E-state index contributed by atoms with van der Waals surface area (Å²) in [5.41, 5.74) is 2.88. The Balaban J connectivity index is 1.71. The lowest BCUT2D eigenvalue weighted by atomic mass is 10.1. The van der Waals surface area contributed by atoms with Crippen LogP contribution in [0.2, 0.25) is 0 Å². The van der Waals surface area contributed by atoms with Crippen molar-refractivity contribution < 1.29 is 4.79 Å². The molecule has 23 heavy (non-hydrogen) atoms. The zero-order chi connectivity index (χ0) is 16.0. The molecule has 1 amide bonds. The number of rotatable bonds is 3. The van der Waals surface area contributed by atoms with Crippen molar-refractivity contribution >= 4 is 22.8 Å². The molecule has 116 valence electrons. The minimum Gasteiger partial charge on any atom is -0.331 e. The second-order valence-electron chi connectivity index (χ2n) is 5.98. The summed E-state index contributed by atoms with van der Waals surface area (Å²) < 4.78 is 2.04. The molecule has 3 aromatic rings. The minimum atomic E-state index is 0.0164. The van der Waals surface area contributed by atoms with Crippen LogP contribution >= 0.6 is 0 Å². The molecule has 0 bridgehead atoms. The van der Waals surface area contributed by atoms with Crippen molar-refractivity contribution in [3.63, 3.8) is 0 Å². The average Bonchev–Trinajstić information content (AvgIpc) is 3.34. The lowest BCUT2D eigenvalue weighted by Crippen LogP contribution is -2.15. The monoisotopic (exact) mass is 307 g/mol. The first-order chi connectivity index (χ1) is 11.1. The SMILES string of the molecule is Cc1ncc(-c2ccc3cnc(NC(=O)C4CC4)nc3c2)n1C. The van der Waals surface area contributed by atoms with Gasteiger partial charge in [0.1, 0.15) is 5.82 Å². The third-order valence-electron chi connectivity index (χ3n) is 4.28. The average molecular weight is 307 g/mol. The summed E-state index contributed by atoms with van der Waals surface area (Å²) >= 11 is 0. The summed E-state index contributed by atoms with van der Waals surface area (Å²) in [7, 11) is 1.99. The second kappa shape index (κ2) is 5.15. The largest absolute Gasteiger partial charge is 0.331 e. The molecule has 0 atom stereocenters. The molecule has 2 heterocycles. The number of carbonyl (C=O) groups excluding carboxylic acids is 1. The summed E-state index contributed by atoms with van der Waals surface area (Å²) in [5, 5.41) is 3.73. The number of nitrogens with zero attached hydrogens (tertiary/aromatic N) is 4. The van der Waals surface area contributed by atoms with Gasteiger partial charge in [-0.25, -0.2) is 15.0 Å². The molecule has 0 saturated heterocycles. The van der Waals surface area contributed by atoms with Gasteiger partial charge in [0.25, 0.3) is 0 Å². The Hall–Kier alpha value is -2.76. The van der Waals surface area contributed by atoms with Gasteiger partial charge in [-0.15, -0.1) is 0 Å². The van der Waals surface area contributed by atoms with Crippen LogP contribution in [0, 0.1) is 12.8 Å². The smallest absolute Gasteiger partial charge is 0.229 e. The Bertz CT molecular complexity index is 910. The number of aryl methyl sites for hydroxylation is 1. The number of carbonyl (C=O) groups is 1. The van der Waals surface area contributed by atoms with E-state index >= 15 is 0 Å². The molecule has 2 aromatic heterocycles. The quantitative estimate of drug-likeness (QED) is 0.807. The summed E-state index contributed by atoms with van der Waals surface area (Å²) in [4.78, 5) is 24.9. The number of benzene rings is 1. The van der Waals surface area contributed by atoms with E-state index in [-0.39, 0.29) is 11.8 Å². The molecule has 0 aliphatic heterocycles. The van der Waals surface area contributed by atoms with E-state index in [0.29, 0.717) is 5.95 Å². The number of imidazole rings is 1. The van der Waals surface area contributed by atoms with Crippen LogP contribution in [0.25, 0.3) is 22.2 Å². The van der Waals surface area contributed by atoms with Crippen molar-refractivity contribution in [1.82, 2.24) is 19.5 Å². The molecule has 1 N–H and O–H groups in total. The predicted molar refractivity (Wildman–Crippen MR) is 87.8 cm³/mol. The van der Waals surface area contributed by atoms with Crippen molar-refractivity contribution in [2.45, 2.75) is 19.8 Å². The first-order valence-corrected chi connectivity index (χ1v) is 7.68. The summed E-state index contributed by atoms with van der Waals surface area (Å²) in [6, 6.07) is 6.02. The van der Waals surface area contributed by atoms with Gasteiger partial charge < -0.3 is 4.57 Å². The minimum absolute atomic E-state index is 0.0164. The van der Waals surface area contributed by atoms with Gasteiger partial charge in [-0.3, -0.25) is 10.1 Å². The summed E-state index contributed by atoms with van der Waals surface area (Å²) in [6.07, 6.45) is 5.52. The van der Waals surface area contributed by atoms with E-state index in [1.807, 2.05) is 42.9 Å². The third kappa shape index (κ3) is 2.56. The molecule has 1 aliphatic rings. The van der Waals surface area contributed by atoms with E-state index in [4.69, 9.17) is 0 Å². The van der Waals surface area contributed by atoms with Crippen LogP contribution in [0.3, 0.4) is 0 Å². The van der Waals surface area contributed by atoms with E-state index in [1.54, 1.807) is 6.20 Å². The molecule has 0 radical (unpaired) electrons. The van der Waals surface area contributed by atoms with Crippen molar-refractivity contribution in [3.8, 4) is 11.3 Å². The third-order valence-corrected chi connectivity index (χ3v) is 4.28. The first kappa shape index (κ1) is 13.9. The van der Waals surface area contributed by atoms with Gasteiger partial charge >= 0.3 is 0 Å². The highest BCUT2D eigenvalue weighted by Gasteiger charge is 2.30. The van der Waals surface area contributed by atoms with Crippen molar-refractivity contribution in [1.29, 1.82) is 0 Å². The molecular weight excluding hydrogens is 290 g/mol. The molecular formula is C17H17N5O. The molecule has 1 saturated carbocycles. The molecule has 4 rings (SSSR count). The molecule has 0 unspecified atom stereocenters. The van der Waals surface area contributed by atoms with Crippen LogP contribution in [-0.2, 0) is 11.8 Å². The fourth-order valence-corrected chi connectivity index (χ4v) is 2.57. The zero-order valence-corrected chi connectivity index (χ0v) is 13.1. The van der Waals surface area contributed by atoms with Crippen LogP contribution < -0.4 is 5.32 Å². The zero-order valence-electron chi connectivity index (χ0n) is 13.1. The first-order valence-electron chi connectivity index (χ1n) is 7.68. The fourth-order valence-electron chi connectivity index (χ4n) is 2.57. The molecule has 1 aliphatic carbocycles. The van der Waals surface area contributed by atoms with Gasteiger partial charge in [-0.2, -0.15) is 0 Å². The van der Waals surface area contributed by atoms with Gasteiger partial charge in [0.2, 0.25) is 11.9 Å². The Morgan fingerprint density at radius 3 is 2.78 bits per heavy atom. The Labute approximate surface area is 133 Å². The predicted octanol–water partition coefficient (Wildman–Crippen LogP) is 2.69. The fraction of sp³-hybridized carbons (Fsp3) is 0.294. The highest BCUT2D eigenvalue weighted by molar-refractivity contribution is 5.93. The van der Waals surface area contributed by atoms with E-state index in [0.717, 1.165) is 40.8 Å². The number of hydrogen-bond acceptors (Lipinski definition) is 4. The van der Waals surface area contributed by atoms with Crippen LogP contribution in [0.5, 0.6) is 0 Å². The van der Waals surface area contributed by atoms with Crippen LogP contribution in [-0.4, -0.2) is 25.4 Å². The van der Waals surface area contributed by atoms with Gasteiger partial charge in [-0.1, -0.05) is 12.1 Å². The number of amides is 1. The molecule has 6 heteroatoms. The molecule has 0 spiro atoms. The van der Waals surface area contributed by atoms with Crippen LogP contribution in [0.1, 0.15) is 18.7 Å². The van der Waals surface area contributed by atoms with Crippen molar-refractivity contribution in [2.75, 3.05) is 5.32 Å². The van der Waals surface area contributed by atoms with Gasteiger partial charge in [0, 0.05) is 30.1 Å². The van der Waals surface area contributed by atoms with E-state index in [1.165, 1.54) is 0 Å². The van der Waals surface area contributed by atoms with Gasteiger partial charge in [0.15, 0.2) is 0 Å². The summed E-state index contributed by atoms with van der Waals surface area (Å²) in [6.45, 7) is 1.97. The molecule has 1 aromatic carbocycles. The summed E-state index contributed by atoms with van der Waals surface area (Å²) in [5.74, 6) is 1.48. The number of fused-ring (bicyclic) bond motifs is 1. The van der Waals surface area contributed by atoms with Crippen LogP contribution in [0.15, 0.2) is 30.6 Å².